The Labute approximate surface area is 136 Å². The lowest BCUT2D eigenvalue weighted by molar-refractivity contribution is 0.234. The van der Waals surface area contributed by atoms with Gasteiger partial charge < -0.3 is 0 Å². The molecule has 0 amide bonds. The van der Waals surface area contributed by atoms with E-state index < -0.39 is 5.82 Å². The van der Waals surface area contributed by atoms with Crippen LogP contribution in [-0.2, 0) is 0 Å². The molecular weight excluding hydrogens is 323 g/mol. The van der Waals surface area contributed by atoms with Crippen molar-refractivity contribution in [2.45, 2.75) is 0 Å². The van der Waals surface area contributed by atoms with Gasteiger partial charge in [-0.2, -0.15) is 0 Å². The summed E-state index contributed by atoms with van der Waals surface area (Å²) in [6.45, 7) is 0. The molecule has 23 heavy (non-hydrogen) atoms. The summed E-state index contributed by atoms with van der Waals surface area (Å²) in [7, 11) is 0. The van der Waals surface area contributed by atoms with Crippen molar-refractivity contribution in [2.75, 3.05) is 0 Å². The molecule has 1 aromatic heterocycles. The van der Waals surface area contributed by atoms with E-state index in [1.165, 1.54) is 18.3 Å². The Morgan fingerprint density at radius 3 is 2.30 bits per heavy atom. The molecule has 6 nitrogen and oxygen atoms in total. The van der Waals surface area contributed by atoms with Gasteiger partial charge in [-0.25, -0.2) is 14.0 Å². The molecular formula is C15H12ClFN4O2. The molecule has 0 spiro atoms. The number of nitrogens with one attached hydrogen (secondary N) is 1. The summed E-state index contributed by atoms with van der Waals surface area (Å²) in [5, 5.41) is 15.7. The van der Waals surface area contributed by atoms with E-state index in [0.717, 1.165) is 6.07 Å². The zero-order chi connectivity index (χ0) is 16.5. The Morgan fingerprint density at radius 2 is 1.83 bits per heavy atom. The third kappa shape index (κ3) is 5.17. The highest BCUT2D eigenvalue weighted by Gasteiger charge is 2.08. The first-order chi connectivity index (χ1) is 11.2. The fourth-order valence-electron chi connectivity index (χ4n) is 1.48. The Morgan fingerprint density at radius 1 is 1.17 bits per heavy atom. The van der Waals surface area contributed by atoms with E-state index in [4.69, 9.17) is 16.8 Å². The van der Waals surface area contributed by atoms with E-state index in [0.29, 0.717) is 5.69 Å². The minimum Gasteiger partial charge on any atom is -0.290 e. The molecule has 3 aromatic rings. The number of nitrogens with zero attached hydrogens (tertiary/aromatic N) is 3. The quantitative estimate of drug-likeness (QED) is 0.425. The van der Waals surface area contributed by atoms with Crippen LogP contribution in [0.4, 0.5) is 10.1 Å². The zero-order valence-electron chi connectivity index (χ0n) is 11.7. The number of benzene rings is 2. The average molecular weight is 335 g/mol. The fraction of sp³-hybridized carbons (Fsp3) is 0. The third-order valence-corrected chi connectivity index (χ3v) is 2.81. The van der Waals surface area contributed by atoms with Crippen LogP contribution in [0.3, 0.4) is 0 Å². The third-order valence-electron chi connectivity index (χ3n) is 2.52. The second-order valence-corrected chi connectivity index (χ2v) is 4.53. The van der Waals surface area contributed by atoms with Gasteiger partial charge in [0.15, 0.2) is 11.5 Å². The Hall–Kier alpha value is -2.77. The number of aromatic nitrogens is 2. The SMILES string of the molecule is ONC(=Nc1ccc(F)c(Cl)c1)c1cnon1.c1ccccc1. The van der Waals surface area contributed by atoms with Gasteiger partial charge in [0.25, 0.3) is 0 Å². The maximum absolute atomic E-state index is 12.9. The summed E-state index contributed by atoms with van der Waals surface area (Å²) < 4.78 is 17.3. The van der Waals surface area contributed by atoms with Crippen LogP contribution in [0.1, 0.15) is 5.69 Å². The highest BCUT2D eigenvalue weighted by Crippen LogP contribution is 2.21. The summed E-state index contributed by atoms with van der Waals surface area (Å²) in [5.41, 5.74) is 2.38. The summed E-state index contributed by atoms with van der Waals surface area (Å²) in [6, 6.07) is 15.9. The molecule has 0 saturated heterocycles. The van der Waals surface area contributed by atoms with Gasteiger partial charge in [-0.05, 0) is 23.4 Å². The maximum Gasteiger partial charge on any atom is 0.181 e. The van der Waals surface area contributed by atoms with Crippen LogP contribution in [0.25, 0.3) is 0 Å². The van der Waals surface area contributed by atoms with E-state index in [1.807, 2.05) is 41.9 Å². The van der Waals surface area contributed by atoms with Gasteiger partial charge in [0.05, 0.1) is 10.7 Å². The molecule has 0 saturated carbocycles. The van der Waals surface area contributed by atoms with Gasteiger partial charge in [0.1, 0.15) is 12.0 Å². The number of hydroxylamine groups is 1. The largest absolute Gasteiger partial charge is 0.290 e. The fourth-order valence-corrected chi connectivity index (χ4v) is 1.65. The van der Waals surface area contributed by atoms with Crippen LogP contribution < -0.4 is 5.48 Å². The molecule has 8 heteroatoms. The lowest BCUT2D eigenvalue weighted by Gasteiger charge is -2.01. The van der Waals surface area contributed by atoms with Crippen LogP contribution in [-0.4, -0.2) is 21.4 Å². The topological polar surface area (TPSA) is 83.5 Å². The second kappa shape index (κ2) is 8.62. The monoisotopic (exact) mass is 334 g/mol. The van der Waals surface area contributed by atoms with Crippen molar-refractivity contribution in [2.24, 2.45) is 4.99 Å². The summed E-state index contributed by atoms with van der Waals surface area (Å²) >= 11 is 5.59. The van der Waals surface area contributed by atoms with Crippen molar-refractivity contribution in [3.8, 4) is 0 Å². The smallest absolute Gasteiger partial charge is 0.181 e. The van der Waals surface area contributed by atoms with Gasteiger partial charge in [0.2, 0.25) is 0 Å². The number of amidine groups is 1. The zero-order valence-corrected chi connectivity index (χ0v) is 12.5. The predicted molar refractivity (Wildman–Crippen MR) is 83.3 cm³/mol. The van der Waals surface area contributed by atoms with Gasteiger partial charge in [-0.15, -0.1) is 0 Å². The molecule has 0 aliphatic carbocycles. The van der Waals surface area contributed by atoms with Gasteiger partial charge in [-0.3, -0.25) is 10.7 Å². The van der Waals surface area contributed by atoms with Crippen molar-refractivity contribution in [1.82, 2.24) is 15.8 Å². The number of hydrogen-bond acceptors (Lipinski definition) is 5. The molecule has 0 atom stereocenters. The van der Waals surface area contributed by atoms with Crippen molar-refractivity contribution < 1.29 is 14.2 Å². The maximum atomic E-state index is 12.9. The molecule has 0 radical (unpaired) electrons. The molecule has 3 rings (SSSR count). The highest BCUT2D eigenvalue weighted by atomic mass is 35.5. The molecule has 0 unspecified atom stereocenters. The van der Waals surface area contributed by atoms with Crippen molar-refractivity contribution >= 4 is 23.1 Å². The minimum atomic E-state index is -0.549. The lowest BCUT2D eigenvalue weighted by Crippen LogP contribution is -2.20. The second-order valence-electron chi connectivity index (χ2n) is 4.12. The van der Waals surface area contributed by atoms with Crippen molar-refractivity contribution in [1.29, 1.82) is 0 Å². The molecule has 2 aromatic carbocycles. The summed E-state index contributed by atoms with van der Waals surface area (Å²) in [4.78, 5) is 3.96. The molecule has 0 bridgehead atoms. The predicted octanol–water partition coefficient (Wildman–Crippen LogP) is 3.61. The molecule has 118 valence electrons. The first-order valence-electron chi connectivity index (χ1n) is 6.42. The van der Waals surface area contributed by atoms with Crippen LogP contribution in [0.15, 0.2) is 70.4 Å². The number of aliphatic imine (C=N–C) groups is 1. The highest BCUT2D eigenvalue weighted by molar-refractivity contribution is 6.31. The van der Waals surface area contributed by atoms with Crippen LogP contribution in [0.5, 0.6) is 0 Å². The number of halogens is 2. The normalized spacial score (nSPS) is 10.7. The van der Waals surface area contributed by atoms with Crippen molar-refractivity contribution in [3.63, 3.8) is 0 Å². The van der Waals surface area contributed by atoms with Gasteiger partial charge in [-0.1, -0.05) is 53.2 Å². The van der Waals surface area contributed by atoms with E-state index in [9.17, 15) is 4.39 Å². The first kappa shape index (κ1) is 16.6. The number of rotatable bonds is 2. The average Bonchev–Trinajstić information content (AvgIpc) is 3.12. The van der Waals surface area contributed by atoms with E-state index in [-0.39, 0.29) is 16.6 Å². The van der Waals surface area contributed by atoms with E-state index in [2.05, 4.69) is 19.9 Å². The Kier molecular flexibility index (Phi) is 6.22. The van der Waals surface area contributed by atoms with Crippen LogP contribution in [0, 0.1) is 5.82 Å². The first-order valence-corrected chi connectivity index (χ1v) is 6.80. The molecule has 2 N–H and O–H groups in total. The molecule has 0 fully saturated rings. The van der Waals surface area contributed by atoms with Crippen molar-refractivity contribution in [3.05, 3.63) is 77.3 Å². The molecule has 0 aliphatic heterocycles. The summed E-state index contributed by atoms with van der Waals surface area (Å²) in [6.07, 6.45) is 1.26. The molecule has 0 aliphatic rings. The standard InChI is InChI=1S/C9H6ClFN4O2.C6H6/c10-6-3-5(1-2-7(6)11)13-9(14-16)8-4-12-17-15-8;1-2-4-6-5-3-1/h1-4,16H,(H,13,14);1-6H. The van der Waals surface area contributed by atoms with E-state index in [1.54, 1.807) is 0 Å². The van der Waals surface area contributed by atoms with E-state index >= 15 is 0 Å². The summed E-state index contributed by atoms with van der Waals surface area (Å²) in [5.74, 6) is -0.541. The van der Waals surface area contributed by atoms with Crippen LogP contribution >= 0.6 is 11.6 Å². The minimum absolute atomic E-state index is 0.00826. The molecule has 1 heterocycles. The Bertz CT molecular complexity index is 725. The van der Waals surface area contributed by atoms with Gasteiger partial charge >= 0.3 is 0 Å². The lowest BCUT2D eigenvalue weighted by atomic mass is 10.3. The number of hydrogen-bond donors (Lipinski definition) is 2. The van der Waals surface area contributed by atoms with Crippen LogP contribution in [0.2, 0.25) is 5.02 Å². The Balaban J connectivity index is 0.000000268. The van der Waals surface area contributed by atoms with Gasteiger partial charge in [0, 0.05) is 0 Å².